The molecule has 130 valence electrons. The van der Waals surface area contributed by atoms with Crippen LogP contribution in [0.2, 0.25) is 0 Å². The first-order valence-corrected chi connectivity index (χ1v) is 9.26. The molecule has 26 heavy (non-hydrogen) atoms. The summed E-state index contributed by atoms with van der Waals surface area (Å²) in [7, 11) is 0. The average molecular weight is 345 g/mol. The van der Waals surface area contributed by atoms with Crippen LogP contribution in [0.15, 0.2) is 42.5 Å². The van der Waals surface area contributed by atoms with E-state index in [0.717, 1.165) is 19.3 Å². The minimum atomic E-state index is -0.195. The fourth-order valence-corrected chi connectivity index (χ4v) is 5.04. The highest BCUT2D eigenvalue weighted by Crippen LogP contribution is 2.48. The molecule has 2 aromatic carbocycles. The highest BCUT2D eigenvalue weighted by molar-refractivity contribution is 6.30. The van der Waals surface area contributed by atoms with Gasteiger partial charge in [0.25, 0.3) is 0 Å². The molecule has 3 unspecified atom stereocenters. The maximum atomic E-state index is 13.0. The van der Waals surface area contributed by atoms with Gasteiger partial charge in [-0.3, -0.25) is 14.4 Å². The molecule has 0 heterocycles. The van der Waals surface area contributed by atoms with Gasteiger partial charge < -0.3 is 5.32 Å². The van der Waals surface area contributed by atoms with E-state index in [2.05, 4.69) is 5.32 Å². The molecule has 2 saturated carbocycles. The van der Waals surface area contributed by atoms with Gasteiger partial charge in [0.2, 0.25) is 5.91 Å². The molecule has 1 amide bonds. The molecular formula is C22H19NO3. The summed E-state index contributed by atoms with van der Waals surface area (Å²) in [5.41, 5.74) is 2.00. The molecule has 3 aliphatic carbocycles. The summed E-state index contributed by atoms with van der Waals surface area (Å²) in [6.07, 6.45) is 4.45. The van der Waals surface area contributed by atoms with Crippen LogP contribution < -0.4 is 5.32 Å². The Balaban J connectivity index is 1.51. The van der Waals surface area contributed by atoms with E-state index in [-0.39, 0.29) is 23.4 Å². The molecule has 0 aliphatic heterocycles. The Hall–Kier alpha value is -2.75. The second kappa shape index (κ2) is 5.63. The predicted octanol–water partition coefficient (Wildman–Crippen LogP) is 3.84. The summed E-state index contributed by atoms with van der Waals surface area (Å²) in [6.45, 7) is 0. The first-order valence-electron chi connectivity index (χ1n) is 9.26. The Bertz CT molecular complexity index is 962. The van der Waals surface area contributed by atoms with Gasteiger partial charge in [-0.15, -0.1) is 0 Å². The second-order valence-electron chi connectivity index (χ2n) is 7.70. The molecule has 1 N–H and O–H groups in total. The van der Waals surface area contributed by atoms with Gasteiger partial charge in [0.05, 0.1) is 11.3 Å². The van der Waals surface area contributed by atoms with Gasteiger partial charge in [0.15, 0.2) is 11.6 Å². The molecule has 2 bridgehead atoms. The molecule has 0 radical (unpaired) electrons. The van der Waals surface area contributed by atoms with Crippen molar-refractivity contribution in [1.82, 2.24) is 0 Å². The van der Waals surface area contributed by atoms with Crippen molar-refractivity contribution in [3.05, 3.63) is 64.7 Å². The number of fused-ring (bicyclic) bond motifs is 4. The van der Waals surface area contributed by atoms with E-state index in [9.17, 15) is 14.4 Å². The third-order valence-electron chi connectivity index (χ3n) is 6.29. The second-order valence-corrected chi connectivity index (χ2v) is 7.70. The number of nitrogens with one attached hydrogen (secondary N) is 1. The van der Waals surface area contributed by atoms with Gasteiger partial charge in [-0.1, -0.05) is 42.8 Å². The highest BCUT2D eigenvalue weighted by atomic mass is 16.2. The molecule has 0 spiro atoms. The quantitative estimate of drug-likeness (QED) is 0.767. The zero-order valence-electron chi connectivity index (χ0n) is 14.3. The van der Waals surface area contributed by atoms with Crippen LogP contribution in [0.4, 0.5) is 5.69 Å². The third-order valence-corrected chi connectivity index (χ3v) is 6.29. The Morgan fingerprint density at radius 3 is 2.27 bits per heavy atom. The summed E-state index contributed by atoms with van der Waals surface area (Å²) >= 11 is 0. The fraction of sp³-hybridized carbons (Fsp3) is 0.318. The van der Waals surface area contributed by atoms with E-state index in [4.69, 9.17) is 0 Å². The van der Waals surface area contributed by atoms with E-state index in [1.807, 2.05) is 0 Å². The first-order chi connectivity index (χ1) is 12.6. The summed E-state index contributed by atoms with van der Waals surface area (Å²) in [6, 6.07) is 12.0. The molecule has 0 aromatic heterocycles. The van der Waals surface area contributed by atoms with Gasteiger partial charge in [-0.2, -0.15) is 0 Å². The standard InChI is InChI=1S/C22H19NO3/c24-20-14-4-1-2-5-15(14)21(25)19-16(20)6-3-7-18(19)23-22(26)17-11-12-8-9-13(17)10-12/h1-7,12-13,17H,8-11H2,(H,23,26). The van der Waals surface area contributed by atoms with Gasteiger partial charge in [0, 0.05) is 22.6 Å². The molecule has 4 nitrogen and oxygen atoms in total. The zero-order valence-corrected chi connectivity index (χ0v) is 14.3. The summed E-state index contributed by atoms with van der Waals surface area (Å²) < 4.78 is 0. The predicted molar refractivity (Wildman–Crippen MR) is 97.3 cm³/mol. The van der Waals surface area contributed by atoms with E-state index in [0.29, 0.717) is 39.8 Å². The van der Waals surface area contributed by atoms with Crippen molar-refractivity contribution >= 4 is 23.2 Å². The molecule has 5 rings (SSSR count). The minimum absolute atomic E-state index is 0.00953. The summed E-state index contributed by atoms with van der Waals surface area (Å²) in [4.78, 5) is 38.6. The molecular weight excluding hydrogens is 326 g/mol. The van der Waals surface area contributed by atoms with E-state index in [1.165, 1.54) is 6.42 Å². The van der Waals surface area contributed by atoms with Crippen LogP contribution >= 0.6 is 0 Å². The van der Waals surface area contributed by atoms with Crippen LogP contribution in [0.3, 0.4) is 0 Å². The van der Waals surface area contributed by atoms with Crippen molar-refractivity contribution in [1.29, 1.82) is 0 Å². The normalized spacial score (nSPS) is 25.8. The topological polar surface area (TPSA) is 63.2 Å². The van der Waals surface area contributed by atoms with Crippen molar-refractivity contribution in [2.75, 3.05) is 5.32 Å². The average Bonchev–Trinajstić information content (AvgIpc) is 3.29. The monoisotopic (exact) mass is 345 g/mol. The van der Waals surface area contributed by atoms with Gasteiger partial charge in [-0.25, -0.2) is 0 Å². The van der Waals surface area contributed by atoms with E-state index >= 15 is 0 Å². The van der Waals surface area contributed by atoms with Crippen molar-refractivity contribution in [2.24, 2.45) is 17.8 Å². The number of carbonyl (C=O) groups is 3. The number of hydrogen-bond acceptors (Lipinski definition) is 3. The number of rotatable bonds is 2. The van der Waals surface area contributed by atoms with Gasteiger partial charge in [0.1, 0.15) is 0 Å². The SMILES string of the molecule is O=C1c2ccccc2C(=O)c2c(NC(=O)C3CC4CCC3C4)cccc21. The lowest BCUT2D eigenvalue weighted by molar-refractivity contribution is -0.121. The maximum absolute atomic E-state index is 13.0. The highest BCUT2D eigenvalue weighted by Gasteiger charge is 2.43. The van der Waals surface area contributed by atoms with Crippen LogP contribution in [-0.4, -0.2) is 17.5 Å². The maximum Gasteiger partial charge on any atom is 0.227 e. The largest absolute Gasteiger partial charge is 0.325 e. The van der Waals surface area contributed by atoms with Crippen molar-refractivity contribution in [3.8, 4) is 0 Å². The van der Waals surface area contributed by atoms with Crippen LogP contribution in [0.5, 0.6) is 0 Å². The molecule has 3 aliphatic rings. The lowest BCUT2D eigenvalue weighted by Gasteiger charge is -2.23. The Morgan fingerprint density at radius 1 is 0.846 bits per heavy atom. The van der Waals surface area contributed by atoms with Crippen molar-refractivity contribution in [3.63, 3.8) is 0 Å². The minimum Gasteiger partial charge on any atom is -0.325 e. The number of anilines is 1. The fourth-order valence-electron chi connectivity index (χ4n) is 5.04. The first kappa shape index (κ1) is 15.5. The Morgan fingerprint density at radius 2 is 1.58 bits per heavy atom. The molecule has 4 heteroatoms. The number of hydrogen-bond donors (Lipinski definition) is 1. The number of ketones is 2. The molecule has 2 fully saturated rings. The Labute approximate surface area is 151 Å². The van der Waals surface area contributed by atoms with Crippen LogP contribution in [0, 0.1) is 17.8 Å². The third kappa shape index (κ3) is 2.18. The summed E-state index contributed by atoms with van der Waals surface area (Å²) in [5.74, 6) is 0.814. The molecule has 2 aromatic rings. The van der Waals surface area contributed by atoms with Crippen molar-refractivity contribution < 1.29 is 14.4 Å². The van der Waals surface area contributed by atoms with Crippen LogP contribution in [-0.2, 0) is 4.79 Å². The van der Waals surface area contributed by atoms with Crippen LogP contribution in [0.25, 0.3) is 0 Å². The molecule has 3 atom stereocenters. The van der Waals surface area contributed by atoms with E-state index in [1.54, 1.807) is 42.5 Å². The van der Waals surface area contributed by atoms with Gasteiger partial charge >= 0.3 is 0 Å². The summed E-state index contributed by atoms with van der Waals surface area (Å²) in [5, 5.41) is 2.97. The number of carbonyl (C=O) groups excluding carboxylic acids is 3. The van der Waals surface area contributed by atoms with Gasteiger partial charge in [-0.05, 0) is 37.2 Å². The lowest BCUT2D eigenvalue weighted by Crippen LogP contribution is -2.29. The number of amides is 1. The Kier molecular flexibility index (Phi) is 3.36. The smallest absolute Gasteiger partial charge is 0.227 e. The van der Waals surface area contributed by atoms with Crippen molar-refractivity contribution in [2.45, 2.75) is 25.7 Å². The molecule has 0 saturated heterocycles. The van der Waals surface area contributed by atoms with Crippen LogP contribution in [0.1, 0.15) is 57.5 Å². The number of benzene rings is 2. The lowest BCUT2D eigenvalue weighted by atomic mass is 9.83. The zero-order chi connectivity index (χ0) is 17.8. The van der Waals surface area contributed by atoms with E-state index < -0.39 is 0 Å².